The molecule has 2 rings (SSSR count). The second-order valence-electron chi connectivity index (χ2n) is 7.94. The smallest absolute Gasteiger partial charge is 0.410 e. The van der Waals surface area contributed by atoms with Crippen molar-refractivity contribution >= 4 is 22.1 Å². The van der Waals surface area contributed by atoms with Crippen LogP contribution >= 0.6 is 0 Å². The number of nitrogens with zero attached hydrogens (tertiary/aromatic N) is 2. The first-order valence-electron chi connectivity index (χ1n) is 9.51. The van der Waals surface area contributed by atoms with Gasteiger partial charge in [-0.25, -0.2) is 17.9 Å². The Bertz CT molecular complexity index is 825. The van der Waals surface area contributed by atoms with Crippen LogP contribution in [0.4, 0.5) is 4.79 Å². The van der Waals surface area contributed by atoms with Crippen LogP contribution in [0.2, 0.25) is 0 Å². The molecule has 0 aliphatic carbocycles. The molecule has 0 radical (unpaired) electrons. The zero-order valence-electron chi connectivity index (χ0n) is 17.7. The number of guanidine groups is 1. The summed E-state index contributed by atoms with van der Waals surface area (Å²) in [6, 6.07) is 6.75. The van der Waals surface area contributed by atoms with Gasteiger partial charge in [0.25, 0.3) is 0 Å². The van der Waals surface area contributed by atoms with Crippen LogP contribution in [0.1, 0.15) is 26.3 Å². The third kappa shape index (κ3) is 7.21. The van der Waals surface area contributed by atoms with Gasteiger partial charge in [-0.3, -0.25) is 4.99 Å². The SMILES string of the molecule is CN=C(NCCNS(=O)(=O)c1ccc(C)cc1)NC1CN(C(=O)OC(C)(C)C)C1. The highest BCUT2D eigenvalue weighted by atomic mass is 32.2. The molecule has 0 saturated carbocycles. The number of likely N-dealkylation sites (tertiary alicyclic amines) is 1. The number of ether oxygens (including phenoxy) is 1. The normalized spacial score (nSPS) is 15.6. The van der Waals surface area contributed by atoms with Gasteiger partial charge >= 0.3 is 6.09 Å². The fraction of sp³-hybridized carbons (Fsp3) is 0.579. The van der Waals surface area contributed by atoms with E-state index in [0.717, 1.165) is 5.56 Å². The third-order valence-electron chi connectivity index (χ3n) is 4.14. The van der Waals surface area contributed by atoms with Crippen molar-refractivity contribution in [1.82, 2.24) is 20.3 Å². The van der Waals surface area contributed by atoms with Crippen LogP contribution < -0.4 is 15.4 Å². The van der Waals surface area contributed by atoms with E-state index >= 15 is 0 Å². The predicted molar refractivity (Wildman–Crippen MR) is 112 cm³/mol. The van der Waals surface area contributed by atoms with Crippen LogP contribution in [0.5, 0.6) is 0 Å². The van der Waals surface area contributed by atoms with Crippen LogP contribution in [0.25, 0.3) is 0 Å². The van der Waals surface area contributed by atoms with Crippen molar-refractivity contribution < 1.29 is 17.9 Å². The fourth-order valence-electron chi connectivity index (χ4n) is 2.60. The highest BCUT2D eigenvalue weighted by Crippen LogP contribution is 2.15. The van der Waals surface area contributed by atoms with E-state index in [2.05, 4.69) is 20.3 Å². The molecule has 1 aromatic carbocycles. The Morgan fingerprint density at radius 2 is 1.83 bits per heavy atom. The van der Waals surface area contributed by atoms with E-state index in [1.807, 2.05) is 27.7 Å². The summed E-state index contributed by atoms with van der Waals surface area (Å²) in [5.41, 5.74) is 0.487. The van der Waals surface area contributed by atoms with Crippen molar-refractivity contribution in [2.45, 2.75) is 44.2 Å². The quantitative estimate of drug-likeness (QED) is 0.357. The molecule has 1 aromatic rings. The lowest BCUT2D eigenvalue weighted by atomic mass is 10.1. The van der Waals surface area contributed by atoms with Crippen molar-refractivity contribution in [2.24, 2.45) is 4.99 Å². The number of hydrogen-bond donors (Lipinski definition) is 3. The molecule has 1 fully saturated rings. The maximum atomic E-state index is 12.3. The summed E-state index contributed by atoms with van der Waals surface area (Å²) in [6.07, 6.45) is -0.330. The number of carbonyl (C=O) groups is 1. The van der Waals surface area contributed by atoms with Crippen molar-refractivity contribution in [2.75, 3.05) is 33.2 Å². The van der Waals surface area contributed by atoms with Gasteiger partial charge in [-0.2, -0.15) is 0 Å². The van der Waals surface area contributed by atoms with Crippen molar-refractivity contribution in [3.63, 3.8) is 0 Å². The van der Waals surface area contributed by atoms with Gasteiger partial charge in [0.05, 0.1) is 10.9 Å². The average molecular weight is 426 g/mol. The van der Waals surface area contributed by atoms with E-state index in [-0.39, 0.29) is 23.6 Å². The molecule has 10 heteroatoms. The van der Waals surface area contributed by atoms with Gasteiger partial charge in [-0.15, -0.1) is 0 Å². The van der Waals surface area contributed by atoms with Crippen LogP contribution in [0, 0.1) is 6.92 Å². The molecule has 1 aliphatic rings. The minimum Gasteiger partial charge on any atom is -0.444 e. The number of aryl methyl sites for hydroxylation is 1. The molecule has 0 aromatic heterocycles. The Kier molecular flexibility index (Phi) is 7.48. The highest BCUT2D eigenvalue weighted by Gasteiger charge is 2.34. The van der Waals surface area contributed by atoms with Gasteiger partial charge in [-0.1, -0.05) is 17.7 Å². The largest absolute Gasteiger partial charge is 0.444 e. The van der Waals surface area contributed by atoms with Crippen molar-refractivity contribution in [3.8, 4) is 0 Å². The number of nitrogens with one attached hydrogen (secondary N) is 3. The molecule has 162 valence electrons. The van der Waals surface area contributed by atoms with Gasteiger partial charge in [0.1, 0.15) is 5.60 Å². The Hall–Kier alpha value is -2.33. The first-order chi connectivity index (χ1) is 13.5. The lowest BCUT2D eigenvalue weighted by Gasteiger charge is -2.40. The second-order valence-corrected chi connectivity index (χ2v) is 9.70. The van der Waals surface area contributed by atoms with Crippen molar-refractivity contribution in [3.05, 3.63) is 29.8 Å². The summed E-state index contributed by atoms with van der Waals surface area (Å²) in [6.45, 7) is 9.03. The molecule has 9 nitrogen and oxygen atoms in total. The molecule has 3 N–H and O–H groups in total. The molecule has 0 bridgehead atoms. The van der Waals surface area contributed by atoms with E-state index in [9.17, 15) is 13.2 Å². The predicted octanol–water partition coefficient (Wildman–Crippen LogP) is 1.06. The first kappa shape index (κ1) is 23.0. The molecule has 0 unspecified atom stereocenters. The Balaban J connectivity index is 1.70. The molecular formula is C19H31N5O4S. The molecule has 0 atom stereocenters. The molecule has 1 amide bonds. The van der Waals surface area contributed by atoms with Crippen LogP contribution in [-0.4, -0.2) is 70.2 Å². The number of sulfonamides is 1. The summed E-state index contributed by atoms with van der Waals surface area (Å²) in [5.74, 6) is 0.549. The molecule has 0 spiro atoms. The summed E-state index contributed by atoms with van der Waals surface area (Å²) in [4.78, 5) is 17.9. The topological polar surface area (TPSA) is 112 Å². The first-order valence-corrected chi connectivity index (χ1v) is 11.0. The standard InChI is InChI=1S/C19H31N5O4S/c1-14-6-8-16(9-7-14)29(26,27)22-11-10-21-17(20-5)23-15-12-24(13-15)18(25)28-19(2,3)4/h6-9,15,22H,10-13H2,1-5H3,(H2,20,21,23). The summed E-state index contributed by atoms with van der Waals surface area (Å²) < 4.78 is 32.4. The van der Waals surface area contributed by atoms with Gasteiger partial charge in [0.2, 0.25) is 10.0 Å². The summed E-state index contributed by atoms with van der Waals surface area (Å²) in [7, 11) is -1.90. The van der Waals surface area contributed by atoms with Crippen LogP contribution in [0.3, 0.4) is 0 Å². The molecular weight excluding hydrogens is 394 g/mol. The molecule has 1 aliphatic heterocycles. The Labute approximate surface area is 173 Å². The number of benzene rings is 1. The minimum absolute atomic E-state index is 0.0676. The third-order valence-corrected chi connectivity index (χ3v) is 5.62. The number of carbonyl (C=O) groups excluding carboxylic acids is 1. The van der Waals surface area contributed by atoms with E-state index in [0.29, 0.717) is 25.6 Å². The van der Waals surface area contributed by atoms with E-state index < -0.39 is 15.6 Å². The van der Waals surface area contributed by atoms with E-state index in [1.165, 1.54) is 0 Å². The van der Waals surface area contributed by atoms with Gasteiger partial charge < -0.3 is 20.3 Å². The Morgan fingerprint density at radius 3 is 2.38 bits per heavy atom. The number of amides is 1. The minimum atomic E-state index is -3.54. The van der Waals surface area contributed by atoms with Crippen molar-refractivity contribution in [1.29, 1.82) is 0 Å². The second kappa shape index (κ2) is 9.45. The summed E-state index contributed by atoms with van der Waals surface area (Å²) in [5, 5.41) is 6.26. The zero-order valence-corrected chi connectivity index (χ0v) is 18.5. The molecule has 1 heterocycles. The molecule has 1 saturated heterocycles. The maximum Gasteiger partial charge on any atom is 0.410 e. The van der Waals surface area contributed by atoms with E-state index in [1.54, 1.807) is 36.2 Å². The van der Waals surface area contributed by atoms with Crippen LogP contribution in [0.15, 0.2) is 34.2 Å². The van der Waals surface area contributed by atoms with Crippen LogP contribution in [-0.2, 0) is 14.8 Å². The fourth-order valence-corrected chi connectivity index (χ4v) is 3.63. The number of aliphatic imine (C=N–C) groups is 1. The highest BCUT2D eigenvalue weighted by molar-refractivity contribution is 7.89. The number of rotatable bonds is 6. The summed E-state index contributed by atoms with van der Waals surface area (Å²) >= 11 is 0. The zero-order chi connectivity index (χ0) is 21.7. The lowest BCUT2D eigenvalue weighted by molar-refractivity contribution is 0.00701. The maximum absolute atomic E-state index is 12.3. The monoisotopic (exact) mass is 425 g/mol. The Morgan fingerprint density at radius 1 is 1.21 bits per heavy atom. The lowest BCUT2D eigenvalue weighted by Crippen LogP contribution is -2.63. The number of hydrogen-bond acceptors (Lipinski definition) is 5. The van der Waals surface area contributed by atoms with E-state index in [4.69, 9.17) is 4.74 Å². The van der Waals surface area contributed by atoms with Gasteiger partial charge in [0, 0.05) is 33.2 Å². The van der Waals surface area contributed by atoms with Gasteiger partial charge in [-0.05, 0) is 39.8 Å². The van der Waals surface area contributed by atoms with Gasteiger partial charge in [0.15, 0.2) is 5.96 Å². The molecule has 29 heavy (non-hydrogen) atoms. The average Bonchev–Trinajstić information content (AvgIpc) is 2.58.